The normalized spacial score (nSPS) is 13.0. The minimum Gasteiger partial charge on any atom is -0.469 e. The van der Waals surface area contributed by atoms with Gasteiger partial charge in [0.1, 0.15) is 0 Å². The number of hydrogen-bond donors (Lipinski definition) is 0. The number of carbonyl (C=O) groups is 1. The molecule has 0 fully saturated rings. The summed E-state index contributed by atoms with van der Waals surface area (Å²) in [6.07, 6.45) is 0.964. The van der Waals surface area contributed by atoms with Gasteiger partial charge in [0.05, 0.1) is 19.4 Å². The average molecular weight is 327 g/mol. The number of nitro groups is 1. The number of nitrogens with zero attached hydrogens (tertiary/aromatic N) is 1. The van der Waals surface area contributed by atoms with Crippen LogP contribution in [0, 0.1) is 10.1 Å². The van der Waals surface area contributed by atoms with Crippen molar-refractivity contribution in [1.29, 1.82) is 0 Å². The SMILES string of the molecule is COC(=O)CC(c1ccccc1)C(CCc1ccccc1)[N+](=O)[O-]. The van der Waals surface area contributed by atoms with Crippen LogP contribution in [0.15, 0.2) is 60.7 Å². The van der Waals surface area contributed by atoms with E-state index in [1.165, 1.54) is 7.11 Å². The van der Waals surface area contributed by atoms with Crippen LogP contribution in [0.1, 0.15) is 29.9 Å². The molecule has 0 heterocycles. The molecular weight excluding hydrogens is 306 g/mol. The van der Waals surface area contributed by atoms with Crippen molar-refractivity contribution in [1.82, 2.24) is 0 Å². The van der Waals surface area contributed by atoms with E-state index in [9.17, 15) is 14.9 Å². The molecule has 24 heavy (non-hydrogen) atoms. The van der Waals surface area contributed by atoms with Crippen molar-refractivity contribution in [2.45, 2.75) is 31.2 Å². The molecule has 0 spiro atoms. The molecule has 2 aromatic carbocycles. The van der Waals surface area contributed by atoms with Gasteiger partial charge in [0, 0.05) is 11.3 Å². The minimum atomic E-state index is -0.841. The van der Waals surface area contributed by atoms with E-state index >= 15 is 0 Å². The fourth-order valence-electron chi connectivity index (χ4n) is 2.85. The number of aryl methyl sites for hydroxylation is 1. The Bertz CT molecular complexity index is 658. The Hall–Kier alpha value is -2.69. The van der Waals surface area contributed by atoms with Gasteiger partial charge in [-0.05, 0) is 17.5 Å². The molecule has 126 valence electrons. The second-order valence-electron chi connectivity index (χ2n) is 5.67. The summed E-state index contributed by atoms with van der Waals surface area (Å²) in [5.41, 5.74) is 1.84. The Morgan fingerprint density at radius 1 is 1.08 bits per heavy atom. The highest BCUT2D eigenvalue weighted by Crippen LogP contribution is 2.28. The molecule has 0 aliphatic carbocycles. The van der Waals surface area contributed by atoms with Gasteiger partial charge in [-0.1, -0.05) is 60.7 Å². The summed E-state index contributed by atoms with van der Waals surface area (Å²) < 4.78 is 4.73. The van der Waals surface area contributed by atoms with Gasteiger partial charge in [0.15, 0.2) is 0 Å². The van der Waals surface area contributed by atoms with Gasteiger partial charge in [-0.2, -0.15) is 0 Å². The minimum absolute atomic E-state index is 0.000942. The molecule has 0 aliphatic heterocycles. The first-order valence-corrected chi connectivity index (χ1v) is 7.91. The van der Waals surface area contributed by atoms with Crippen molar-refractivity contribution >= 4 is 5.97 Å². The maximum atomic E-state index is 11.8. The van der Waals surface area contributed by atoms with E-state index in [4.69, 9.17) is 4.74 Å². The summed E-state index contributed by atoms with van der Waals surface area (Å²) in [6, 6.07) is 18.0. The number of carbonyl (C=O) groups excluding carboxylic acids is 1. The van der Waals surface area contributed by atoms with Crippen LogP contribution in [-0.4, -0.2) is 24.0 Å². The largest absolute Gasteiger partial charge is 0.469 e. The molecule has 5 heteroatoms. The number of rotatable bonds is 8. The molecule has 2 aromatic rings. The standard InChI is InChI=1S/C19H21NO4/c1-24-19(21)14-17(16-10-6-3-7-11-16)18(20(22)23)13-12-15-8-4-2-5-9-15/h2-11,17-18H,12-14H2,1H3. The van der Waals surface area contributed by atoms with Crippen LogP contribution in [0.25, 0.3) is 0 Å². The van der Waals surface area contributed by atoms with Crippen molar-refractivity contribution in [2.75, 3.05) is 7.11 Å². The maximum Gasteiger partial charge on any atom is 0.306 e. The third kappa shape index (κ3) is 4.91. The zero-order valence-electron chi connectivity index (χ0n) is 13.6. The van der Waals surface area contributed by atoms with Crippen molar-refractivity contribution in [3.63, 3.8) is 0 Å². The van der Waals surface area contributed by atoms with E-state index in [2.05, 4.69) is 0 Å². The molecule has 0 N–H and O–H groups in total. The third-order valence-electron chi connectivity index (χ3n) is 4.15. The van der Waals surface area contributed by atoms with E-state index in [1.54, 1.807) is 0 Å². The second kappa shape index (κ2) is 8.82. The van der Waals surface area contributed by atoms with Crippen LogP contribution >= 0.6 is 0 Å². The molecule has 0 aliphatic rings. The highest BCUT2D eigenvalue weighted by Gasteiger charge is 2.34. The first kappa shape index (κ1) is 17.7. The second-order valence-corrected chi connectivity index (χ2v) is 5.67. The fraction of sp³-hybridized carbons (Fsp3) is 0.316. The van der Waals surface area contributed by atoms with Crippen LogP contribution < -0.4 is 0 Å². The summed E-state index contributed by atoms with van der Waals surface area (Å²) in [5, 5.41) is 11.7. The van der Waals surface area contributed by atoms with Crippen LogP contribution in [0.2, 0.25) is 0 Å². The number of methoxy groups -OCH3 is 1. The van der Waals surface area contributed by atoms with Crippen molar-refractivity contribution in [3.05, 3.63) is 81.9 Å². The summed E-state index contributed by atoms with van der Waals surface area (Å²) in [4.78, 5) is 23.1. The van der Waals surface area contributed by atoms with E-state index < -0.39 is 17.9 Å². The zero-order chi connectivity index (χ0) is 17.4. The lowest BCUT2D eigenvalue weighted by Crippen LogP contribution is -2.30. The molecule has 2 unspecified atom stereocenters. The molecule has 0 saturated carbocycles. The Balaban J connectivity index is 2.21. The lowest BCUT2D eigenvalue weighted by atomic mass is 9.85. The van der Waals surface area contributed by atoms with Crippen LogP contribution in [0.3, 0.4) is 0 Å². The van der Waals surface area contributed by atoms with Crippen LogP contribution in [0.5, 0.6) is 0 Å². The zero-order valence-corrected chi connectivity index (χ0v) is 13.6. The number of ether oxygens (including phenoxy) is 1. The van der Waals surface area contributed by atoms with Crippen LogP contribution in [-0.2, 0) is 16.0 Å². The average Bonchev–Trinajstić information content (AvgIpc) is 2.62. The van der Waals surface area contributed by atoms with Gasteiger partial charge < -0.3 is 4.74 Å². The Morgan fingerprint density at radius 2 is 1.67 bits per heavy atom. The molecule has 0 radical (unpaired) electrons. The number of benzene rings is 2. The summed E-state index contributed by atoms with van der Waals surface area (Å²) in [7, 11) is 1.30. The van der Waals surface area contributed by atoms with Crippen LogP contribution in [0.4, 0.5) is 0 Å². The third-order valence-corrected chi connectivity index (χ3v) is 4.15. The van der Waals surface area contributed by atoms with Gasteiger partial charge in [-0.15, -0.1) is 0 Å². The first-order valence-electron chi connectivity index (χ1n) is 7.91. The smallest absolute Gasteiger partial charge is 0.306 e. The molecule has 0 aromatic heterocycles. The van der Waals surface area contributed by atoms with Gasteiger partial charge in [-0.3, -0.25) is 14.9 Å². The Kier molecular flexibility index (Phi) is 6.49. The molecule has 2 atom stereocenters. The van der Waals surface area contributed by atoms with Crippen molar-refractivity contribution in [2.24, 2.45) is 0 Å². The Labute approximate surface area is 141 Å². The van der Waals surface area contributed by atoms with Gasteiger partial charge in [0.2, 0.25) is 6.04 Å². The van der Waals surface area contributed by atoms with Crippen molar-refractivity contribution in [3.8, 4) is 0 Å². The highest BCUT2D eigenvalue weighted by atomic mass is 16.6. The molecule has 0 saturated heterocycles. The predicted octanol–water partition coefficient (Wildman–Crippen LogP) is 3.61. The molecule has 5 nitrogen and oxygen atoms in total. The Morgan fingerprint density at radius 3 is 2.21 bits per heavy atom. The molecule has 2 rings (SSSR count). The monoisotopic (exact) mass is 327 g/mol. The topological polar surface area (TPSA) is 69.4 Å². The maximum absolute atomic E-state index is 11.8. The van der Waals surface area contributed by atoms with Crippen molar-refractivity contribution < 1.29 is 14.5 Å². The number of esters is 1. The molecule has 0 amide bonds. The number of hydrogen-bond acceptors (Lipinski definition) is 4. The van der Waals surface area contributed by atoms with E-state index in [0.29, 0.717) is 12.8 Å². The first-order chi connectivity index (χ1) is 11.6. The summed E-state index contributed by atoms with van der Waals surface area (Å²) in [5.74, 6) is -0.937. The van der Waals surface area contributed by atoms with Gasteiger partial charge in [0.25, 0.3) is 0 Å². The van der Waals surface area contributed by atoms with E-state index in [1.807, 2.05) is 60.7 Å². The van der Waals surface area contributed by atoms with Gasteiger partial charge >= 0.3 is 5.97 Å². The lowest BCUT2D eigenvalue weighted by Gasteiger charge is -2.20. The van der Waals surface area contributed by atoms with E-state index in [0.717, 1.165) is 11.1 Å². The van der Waals surface area contributed by atoms with E-state index in [-0.39, 0.29) is 11.3 Å². The molecular formula is C19H21NO4. The lowest BCUT2D eigenvalue weighted by molar-refractivity contribution is -0.527. The fourth-order valence-corrected chi connectivity index (χ4v) is 2.85. The predicted molar refractivity (Wildman–Crippen MR) is 91.4 cm³/mol. The quantitative estimate of drug-likeness (QED) is 0.422. The summed E-state index contributed by atoms with van der Waals surface area (Å²) >= 11 is 0. The summed E-state index contributed by atoms with van der Waals surface area (Å²) in [6.45, 7) is 0. The van der Waals surface area contributed by atoms with Gasteiger partial charge in [-0.25, -0.2) is 0 Å². The highest BCUT2D eigenvalue weighted by molar-refractivity contribution is 5.70. The molecule has 0 bridgehead atoms.